The molecule has 240 valence electrons. The number of hydrogen-bond acceptors (Lipinski definition) is 8. The first kappa shape index (κ1) is 32.0. The largest absolute Gasteiger partial charge is 0.444 e. The highest BCUT2D eigenvalue weighted by atomic mass is 16.6. The summed E-state index contributed by atoms with van der Waals surface area (Å²) in [5.74, 6) is -1.18. The monoisotopic (exact) mass is 620 g/mol. The minimum Gasteiger partial charge on any atom is -0.444 e. The van der Waals surface area contributed by atoms with Gasteiger partial charge in [0.05, 0.1) is 6.61 Å². The summed E-state index contributed by atoms with van der Waals surface area (Å²) in [6.07, 6.45) is 0.944. The summed E-state index contributed by atoms with van der Waals surface area (Å²) in [6, 6.07) is 13.1. The Morgan fingerprint density at radius 1 is 1.13 bits per heavy atom. The summed E-state index contributed by atoms with van der Waals surface area (Å²) < 4.78 is 10.9. The van der Waals surface area contributed by atoms with Crippen molar-refractivity contribution in [3.8, 4) is 0 Å². The molecule has 1 heterocycles. The number of imide groups is 1. The van der Waals surface area contributed by atoms with Crippen LogP contribution < -0.4 is 10.6 Å². The van der Waals surface area contributed by atoms with Crippen LogP contribution in [-0.4, -0.2) is 75.7 Å². The Morgan fingerprint density at radius 2 is 1.84 bits per heavy atom. The number of anilines is 1. The van der Waals surface area contributed by atoms with Crippen LogP contribution in [0.2, 0.25) is 0 Å². The molecule has 1 saturated carbocycles. The summed E-state index contributed by atoms with van der Waals surface area (Å²) in [4.78, 5) is 68.0. The van der Waals surface area contributed by atoms with Gasteiger partial charge in [-0.05, 0) is 76.1 Å². The summed E-state index contributed by atoms with van der Waals surface area (Å²) >= 11 is 0. The predicted octanol–water partition coefficient (Wildman–Crippen LogP) is 3.46. The van der Waals surface area contributed by atoms with Gasteiger partial charge in [0.25, 0.3) is 5.91 Å². The van der Waals surface area contributed by atoms with Gasteiger partial charge in [0.2, 0.25) is 17.4 Å². The number of aliphatic hydroxyl groups is 1. The van der Waals surface area contributed by atoms with E-state index in [4.69, 9.17) is 9.47 Å². The van der Waals surface area contributed by atoms with Gasteiger partial charge in [-0.3, -0.25) is 14.4 Å². The SMILES string of the molecule is C[C@@H](C1CC1)N(Cc1ccccc1)C(=O)CN1C(=O)OC2(CCc3cc(NC(=O)[C@@H](CO)NC(=O)OC(C)(C)C)ccc32)C1=O. The molecule has 2 aromatic rings. The number of hydrogen-bond donors (Lipinski definition) is 3. The van der Waals surface area contributed by atoms with Crippen molar-refractivity contribution < 1.29 is 38.6 Å². The van der Waals surface area contributed by atoms with Crippen molar-refractivity contribution in [2.24, 2.45) is 5.92 Å². The molecule has 12 heteroatoms. The van der Waals surface area contributed by atoms with Crippen LogP contribution in [-0.2, 0) is 42.4 Å². The predicted molar refractivity (Wildman–Crippen MR) is 163 cm³/mol. The molecule has 5 rings (SSSR count). The minimum atomic E-state index is -1.55. The molecule has 0 aromatic heterocycles. The molecule has 1 aliphatic heterocycles. The van der Waals surface area contributed by atoms with E-state index >= 15 is 0 Å². The highest BCUT2D eigenvalue weighted by molar-refractivity contribution is 6.06. The standard InChI is InChI=1S/C33H40N4O8/c1-20(22-10-11-22)36(17-21-8-6-5-7-9-21)27(39)18-37-29(41)33(45-31(37)43)15-14-23-16-24(12-13-25(23)33)34-28(40)26(19-38)35-30(42)44-32(2,3)4/h5-9,12-13,16,20,22,26,38H,10-11,14-15,17-19H2,1-4H3,(H,34,40)(H,35,42)/t20-,26+,33?/m0/s1. The quantitative estimate of drug-likeness (QED) is 0.365. The Hall–Kier alpha value is -4.45. The first-order valence-electron chi connectivity index (χ1n) is 15.2. The van der Waals surface area contributed by atoms with E-state index in [2.05, 4.69) is 10.6 Å². The Bertz CT molecular complexity index is 1490. The number of carbonyl (C=O) groups is 5. The minimum absolute atomic E-state index is 0.0361. The average molecular weight is 621 g/mol. The summed E-state index contributed by atoms with van der Waals surface area (Å²) in [7, 11) is 0. The second kappa shape index (κ2) is 12.5. The van der Waals surface area contributed by atoms with Crippen molar-refractivity contribution in [1.82, 2.24) is 15.1 Å². The number of carbonyl (C=O) groups excluding carboxylic acids is 5. The number of aliphatic hydroxyl groups excluding tert-OH is 1. The van der Waals surface area contributed by atoms with Gasteiger partial charge in [-0.1, -0.05) is 36.4 Å². The number of fused-ring (bicyclic) bond motifs is 2. The Morgan fingerprint density at radius 3 is 2.49 bits per heavy atom. The van der Waals surface area contributed by atoms with E-state index in [0.29, 0.717) is 35.7 Å². The molecular formula is C33H40N4O8. The number of ether oxygens (including phenoxy) is 2. The molecule has 0 radical (unpaired) electrons. The molecule has 45 heavy (non-hydrogen) atoms. The molecule has 5 amide bonds. The second-order valence-corrected chi connectivity index (χ2v) is 12.9. The van der Waals surface area contributed by atoms with Crippen LogP contribution in [0.5, 0.6) is 0 Å². The molecule has 2 fully saturated rings. The van der Waals surface area contributed by atoms with Crippen LogP contribution in [0, 0.1) is 5.92 Å². The molecule has 1 spiro atoms. The number of rotatable bonds is 10. The molecule has 2 aromatic carbocycles. The molecule has 2 aliphatic carbocycles. The van der Waals surface area contributed by atoms with Crippen molar-refractivity contribution in [2.75, 3.05) is 18.5 Å². The molecule has 1 unspecified atom stereocenters. The molecule has 3 N–H and O–H groups in total. The van der Waals surface area contributed by atoms with E-state index in [1.54, 1.807) is 43.9 Å². The van der Waals surface area contributed by atoms with Crippen LogP contribution in [0.4, 0.5) is 15.3 Å². The first-order valence-corrected chi connectivity index (χ1v) is 15.2. The van der Waals surface area contributed by atoms with Crippen LogP contribution in [0.1, 0.15) is 63.6 Å². The third-order valence-corrected chi connectivity index (χ3v) is 8.42. The van der Waals surface area contributed by atoms with Crippen molar-refractivity contribution in [1.29, 1.82) is 0 Å². The highest BCUT2D eigenvalue weighted by Gasteiger charge is 2.58. The number of nitrogens with zero attached hydrogens (tertiary/aromatic N) is 2. The number of benzene rings is 2. The van der Waals surface area contributed by atoms with Gasteiger partial charge in [0.15, 0.2) is 0 Å². The summed E-state index contributed by atoms with van der Waals surface area (Å²) in [5.41, 5.74) is 0.186. The zero-order valence-electron chi connectivity index (χ0n) is 26.0. The number of nitrogens with one attached hydrogen (secondary N) is 2. The average Bonchev–Trinajstić information content (AvgIpc) is 3.74. The van der Waals surface area contributed by atoms with E-state index in [1.165, 1.54) is 0 Å². The van der Waals surface area contributed by atoms with Gasteiger partial charge in [0.1, 0.15) is 18.2 Å². The first-order chi connectivity index (χ1) is 21.3. The lowest BCUT2D eigenvalue weighted by Gasteiger charge is -2.30. The van der Waals surface area contributed by atoms with Crippen LogP contribution >= 0.6 is 0 Å². The fourth-order valence-corrected chi connectivity index (χ4v) is 5.90. The lowest BCUT2D eigenvalue weighted by atomic mass is 9.94. The topological polar surface area (TPSA) is 155 Å². The normalized spacial score (nSPS) is 20.3. The van der Waals surface area contributed by atoms with E-state index in [1.807, 2.05) is 37.3 Å². The Balaban J connectivity index is 1.27. The van der Waals surface area contributed by atoms with Crippen molar-refractivity contribution in [3.63, 3.8) is 0 Å². The zero-order chi connectivity index (χ0) is 32.5. The van der Waals surface area contributed by atoms with E-state index in [0.717, 1.165) is 23.3 Å². The van der Waals surface area contributed by atoms with Gasteiger partial charge in [-0.15, -0.1) is 0 Å². The van der Waals surface area contributed by atoms with Crippen LogP contribution in [0.25, 0.3) is 0 Å². The smallest absolute Gasteiger partial charge is 0.418 e. The summed E-state index contributed by atoms with van der Waals surface area (Å²) in [6.45, 7) is 6.35. The van der Waals surface area contributed by atoms with Crippen molar-refractivity contribution >= 4 is 35.6 Å². The molecule has 1 saturated heterocycles. The number of alkyl carbamates (subject to hydrolysis) is 1. The van der Waals surface area contributed by atoms with Gasteiger partial charge >= 0.3 is 12.2 Å². The lowest BCUT2D eigenvalue weighted by Crippen LogP contribution is -2.47. The van der Waals surface area contributed by atoms with Gasteiger partial charge in [-0.25, -0.2) is 14.5 Å². The van der Waals surface area contributed by atoms with E-state index < -0.39 is 54.4 Å². The summed E-state index contributed by atoms with van der Waals surface area (Å²) in [5, 5.41) is 14.7. The maximum Gasteiger partial charge on any atom is 0.418 e. The second-order valence-electron chi connectivity index (χ2n) is 12.9. The van der Waals surface area contributed by atoms with Gasteiger partial charge in [-0.2, -0.15) is 0 Å². The van der Waals surface area contributed by atoms with Crippen molar-refractivity contribution in [3.05, 3.63) is 65.2 Å². The maximum absolute atomic E-state index is 13.8. The van der Waals surface area contributed by atoms with E-state index in [-0.39, 0.29) is 18.4 Å². The lowest BCUT2D eigenvalue weighted by molar-refractivity contribution is -0.143. The van der Waals surface area contributed by atoms with Crippen LogP contribution in [0.3, 0.4) is 0 Å². The van der Waals surface area contributed by atoms with Gasteiger partial charge < -0.3 is 30.1 Å². The highest BCUT2D eigenvalue weighted by Crippen LogP contribution is 2.46. The molecule has 12 nitrogen and oxygen atoms in total. The number of amides is 5. The van der Waals surface area contributed by atoms with Gasteiger partial charge in [0, 0.05) is 30.3 Å². The maximum atomic E-state index is 13.8. The Labute approximate surface area is 262 Å². The molecule has 3 atom stereocenters. The molecule has 3 aliphatic rings. The zero-order valence-corrected chi connectivity index (χ0v) is 26.0. The molecule has 0 bridgehead atoms. The van der Waals surface area contributed by atoms with E-state index in [9.17, 15) is 29.1 Å². The third-order valence-electron chi connectivity index (χ3n) is 8.42. The fourth-order valence-electron chi connectivity index (χ4n) is 5.90. The Kier molecular flexibility index (Phi) is 8.88. The van der Waals surface area contributed by atoms with Crippen molar-refractivity contribution in [2.45, 2.75) is 83.2 Å². The molecular weight excluding hydrogens is 580 g/mol. The fraction of sp³-hybridized carbons (Fsp3) is 0.485. The van der Waals surface area contributed by atoms with Crippen LogP contribution in [0.15, 0.2) is 48.5 Å². The third kappa shape index (κ3) is 6.95. The number of aryl methyl sites for hydroxylation is 1.